The molecule has 156 valence electrons. The molecule has 1 amide bonds. The van der Waals surface area contributed by atoms with Crippen molar-refractivity contribution >= 4 is 27.3 Å². The van der Waals surface area contributed by atoms with E-state index in [2.05, 4.69) is 10.0 Å². The summed E-state index contributed by atoms with van der Waals surface area (Å²) in [7, 11) is -3.76. The first-order valence-corrected chi connectivity index (χ1v) is 10.6. The van der Waals surface area contributed by atoms with E-state index in [9.17, 15) is 17.6 Å². The lowest BCUT2D eigenvalue weighted by Crippen LogP contribution is -2.20. The van der Waals surface area contributed by atoms with Crippen LogP contribution in [-0.4, -0.2) is 20.9 Å². The molecule has 0 bridgehead atoms. The summed E-state index contributed by atoms with van der Waals surface area (Å²) < 4.78 is 46.1. The van der Waals surface area contributed by atoms with Crippen LogP contribution in [0.15, 0.2) is 71.6 Å². The second-order valence-corrected chi connectivity index (χ2v) is 8.42. The van der Waals surface area contributed by atoms with Gasteiger partial charge < -0.3 is 10.1 Å². The van der Waals surface area contributed by atoms with Crippen LogP contribution < -0.4 is 14.8 Å². The van der Waals surface area contributed by atoms with Gasteiger partial charge in [0.1, 0.15) is 11.6 Å². The Morgan fingerprint density at radius 2 is 1.57 bits per heavy atom. The Bertz CT molecular complexity index is 1140. The molecule has 30 heavy (non-hydrogen) atoms. The van der Waals surface area contributed by atoms with Crippen LogP contribution in [0, 0.1) is 19.7 Å². The molecule has 3 aromatic rings. The molecule has 0 heterocycles. The standard InChI is InChI=1S/C22H21FN2O4S/c1-15-3-7-19(8-4-15)25-30(27,28)20-11-12-21(16(2)13-20)29-14-22(26)24-18-9-5-17(23)6-10-18/h3-13,25H,14H2,1-2H3,(H,24,26). The number of halogens is 1. The molecule has 0 fully saturated rings. The van der Waals surface area contributed by atoms with Crippen LogP contribution in [0.2, 0.25) is 0 Å². The molecule has 0 radical (unpaired) electrons. The van der Waals surface area contributed by atoms with Gasteiger partial charge in [-0.25, -0.2) is 12.8 Å². The van der Waals surface area contributed by atoms with E-state index in [0.29, 0.717) is 22.7 Å². The smallest absolute Gasteiger partial charge is 0.262 e. The largest absolute Gasteiger partial charge is 0.483 e. The zero-order valence-electron chi connectivity index (χ0n) is 16.5. The van der Waals surface area contributed by atoms with Crippen molar-refractivity contribution in [2.24, 2.45) is 0 Å². The number of hydrogen-bond donors (Lipinski definition) is 2. The molecule has 6 nitrogen and oxygen atoms in total. The highest BCUT2D eigenvalue weighted by atomic mass is 32.2. The van der Waals surface area contributed by atoms with E-state index >= 15 is 0 Å². The van der Waals surface area contributed by atoms with Crippen LogP contribution in [0.3, 0.4) is 0 Å². The molecule has 0 unspecified atom stereocenters. The fourth-order valence-corrected chi connectivity index (χ4v) is 3.80. The lowest BCUT2D eigenvalue weighted by molar-refractivity contribution is -0.118. The molecule has 0 saturated heterocycles. The van der Waals surface area contributed by atoms with E-state index in [1.165, 1.54) is 42.5 Å². The minimum atomic E-state index is -3.76. The van der Waals surface area contributed by atoms with E-state index in [0.717, 1.165) is 5.56 Å². The van der Waals surface area contributed by atoms with E-state index in [1.54, 1.807) is 19.1 Å². The number of ether oxygens (including phenoxy) is 1. The quantitative estimate of drug-likeness (QED) is 0.589. The van der Waals surface area contributed by atoms with Gasteiger partial charge in [-0.05, 0) is 74.0 Å². The summed E-state index contributed by atoms with van der Waals surface area (Å²) in [5.41, 5.74) is 2.51. The third kappa shape index (κ3) is 5.57. The maximum atomic E-state index is 12.9. The van der Waals surface area contributed by atoms with E-state index < -0.39 is 21.7 Å². The summed E-state index contributed by atoms with van der Waals surface area (Å²) in [4.78, 5) is 12.1. The second kappa shape index (κ2) is 8.96. The highest BCUT2D eigenvalue weighted by Crippen LogP contribution is 2.24. The van der Waals surface area contributed by atoms with Crippen molar-refractivity contribution in [2.45, 2.75) is 18.7 Å². The van der Waals surface area contributed by atoms with E-state index in [4.69, 9.17) is 4.74 Å². The van der Waals surface area contributed by atoms with Crippen molar-refractivity contribution in [3.63, 3.8) is 0 Å². The predicted molar refractivity (Wildman–Crippen MR) is 114 cm³/mol. The van der Waals surface area contributed by atoms with Crippen molar-refractivity contribution < 1.29 is 22.3 Å². The number of amides is 1. The summed E-state index contributed by atoms with van der Waals surface area (Å²) in [5.74, 6) is -0.427. The minimum absolute atomic E-state index is 0.0867. The maximum absolute atomic E-state index is 12.9. The first kappa shape index (κ1) is 21.3. The molecule has 0 aliphatic heterocycles. The normalized spacial score (nSPS) is 11.0. The molecule has 3 aromatic carbocycles. The number of sulfonamides is 1. The van der Waals surface area contributed by atoms with Gasteiger partial charge in [0.25, 0.3) is 15.9 Å². The molecular weight excluding hydrogens is 407 g/mol. The van der Waals surface area contributed by atoms with Crippen molar-refractivity contribution in [3.05, 3.63) is 83.7 Å². The molecule has 0 saturated carbocycles. The van der Waals surface area contributed by atoms with E-state index in [1.807, 2.05) is 19.1 Å². The number of rotatable bonds is 7. The molecule has 3 rings (SSSR count). The van der Waals surface area contributed by atoms with Crippen LogP contribution in [0.25, 0.3) is 0 Å². The van der Waals surface area contributed by atoms with Crippen molar-refractivity contribution in [2.75, 3.05) is 16.6 Å². The van der Waals surface area contributed by atoms with Gasteiger partial charge in [0, 0.05) is 11.4 Å². The molecule has 0 aliphatic carbocycles. The van der Waals surface area contributed by atoms with Gasteiger partial charge in [-0.2, -0.15) is 0 Å². The van der Waals surface area contributed by atoms with Gasteiger partial charge in [-0.15, -0.1) is 0 Å². The zero-order chi connectivity index (χ0) is 21.7. The summed E-state index contributed by atoms with van der Waals surface area (Å²) in [6.45, 7) is 3.34. The lowest BCUT2D eigenvalue weighted by atomic mass is 10.2. The van der Waals surface area contributed by atoms with Gasteiger partial charge in [-0.3, -0.25) is 9.52 Å². The van der Waals surface area contributed by atoms with E-state index in [-0.39, 0.29) is 11.5 Å². The second-order valence-electron chi connectivity index (χ2n) is 6.74. The Morgan fingerprint density at radius 1 is 0.933 bits per heavy atom. The monoisotopic (exact) mass is 428 g/mol. The van der Waals surface area contributed by atoms with Gasteiger partial charge in [0.05, 0.1) is 4.90 Å². The van der Waals surface area contributed by atoms with Crippen molar-refractivity contribution in [3.8, 4) is 5.75 Å². The molecular formula is C22H21FN2O4S. The van der Waals surface area contributed by atoms with Gasteiger partial charge in [0.15, 0.2) is 6.61 Å². The molecule has 0 spiro atoms. The fourth-order valence-electron chi connectivity index (χ4n) is 2.66. The molecule has 2 N–H and O–H groups in total. The number of carbonyl (C=O) groups excluding carboxylic acids is 1. The fraction of sp³-hybridized carbons (Fsp3) is 0.136. The summed E-state index contributed by atoms with van der Waals surface area (Å²) in [6, 6.07) is 16.8. The lowest BCUT2D eigenvalue weighted by Gasteiger charge is -2.12. The number of benzene rings is 3. The predicted octanol–water partition coefficient (Wildman–Crippen LogP) is 4.26. The topological polar surface area (TPSA) is 84.5 Å². The average Bonchev–Trinajstić information content (AvgIpc) is 2.70. The van der Waals surface area contributed by atoms with Gasteiger partial charge in [-0.1, -0.05) is 17.7 Å². The maximum Gasteiger partial charge on any atom is 0.262 e. The van der Waals surface area contributed by atoms with Gasteiger partial charge in [0.2, 0.25) is 0 Å². The molecule has 0 atom stereocenters. The highest BCUT2D eigenvalue weighted by Gasteiger charge is 2.16. The Labute approximate surface area is 174 Å². The highest BCUT2D eigenvalue weighted by molar-refractivity contribution is 7.92. The first-order valence-electron chi connectivity index (χ1n) is 9.11. The third-order valence-corrected chi connectivity index (χ3v) is 5.63. The Morgan fingerprint density at radius 3 is 2.20 bits per heavy atom. The Hall–Kier alpha value is -3.39. The number of anilines is 2. The van der Waals surface area contributed by atoms with Crippen LogP contribution in [0.1, 0.15) is 11.1 Å². The first-order chi connectivity index (χ1) is 14.2. The molecule has 0 aromatic heterocycles. The Balaban J connectivity index is 1.63. The van der Waals surface area contributed by atoms with Crippen LogP contribution in [0.5, 0.6) is 5.75 Å². The zero-order valence-corrected chi connectivity index (χ0v) is 17.3. The summed E-state index contributed by atoms with van der Waals surface area (Å²) in [6.07, 6.45) is 0. The summed E-state index contributed by atoms with van der Waals surface area (Å²) >= 11 is 0. The number of hydrogen-bond acceptors (Lipinski definition) is 4. The van der Waals surface area contributed by atoms with Gasteiger partial charge >= 0.3 is 0 Å². The average molecular weight is 428 g/mol. The number of aryl methyl sites for hydroxylation is 2. The SMILES string of the molecule is Cc1ccc(NS(=O)(=O)c2ccc(OCC(=O)Nc3ccc(F)cc3)c(C)c2)cc1. The molecule has 0 aliphatic rings. The minimum Gasteiger partial charge on any atom is -0.483 e. The number of carbonyl (C=O) groups is 1. The van der Waals surface area contributed by atoms with Crippen LogP contribution in [0.4, 0.5) is 15.8 Å². The van der Waals surface area contributed by atoms with Crippen molar-refractivity contribution in [1.29, 1.82) is 0 Å². The van der Waals surface area contributed by atoms with Crippen LogP contribution in [-0.2, 0) is 14.8 Å². The van der Waals surface area contributed by atoms with Crippen molar-refractivity contribution in [1.82, 2.24) is 0 Å². The Kier molecular flexibility index (Phi) is 6.37. The summed E-state index contributed by atoms with van der Waals surface area (Å²) in [5, 5.41) is 2.59. The molecule has 8 heteroatoms. The van der Waals surface area contributed by atoms with Crippen LogP contribution >= 0.6 is 0 Å². The number of nitrogens with one attached hydrogen (secondary N) is 2. The third-order valence-electron chi connectivity index (χ3n) is 4.25.